The molecule has 18 heavy (non-hydrogen) atoms. The molecule has 0 aliphatic heterocycles. The van der Waals surface area contributed by atoms with E-state index in [2.05, 4.69) is 50.5 Å². The second kappa shape index (κ2) is 5.11. The van der Waals surface area contributed by atoms with Gasteiger partial charge in [0.15, 0.2) is 0 Å². The van der Waals surface area contributed by atoms with Gasteiger partial charge in [0.1, 0.15) is 5.82 Å². The molecule has 0 amide bonds. The van der Waals surface area contributed by atoms with Gasteiger partial charge in [0.05, 0.1) is 11.0 Å². The fourth-order valence-corrected chi connectivity index (χ4v) is 2.41. The van der Waals surface area contributed by atoms with Gasteiger partial charge in [-0.25, -0.2) is 4.98 Å². The molecule has 2 rings (SSSR count). The normalized spacial score (nSPS) is 11.9. The van der Waals surface area contributed by atoms with Crippen molar-refractivity contribution in [1.82, 2.24) is 9.55 Å². The molecule has 0 bridgehead atoms. The van der Waals surface area contributed by atoms with E-state index >= 15 is 0 Å². The number of aromatic nitrogens is 2. The Hall–Kier alpha value is -1.35. The summed E-state index contributed by atoms with van der Waals surface area (Å²) in [6, 6.07) is 7.03. The molecule has 0 saturated heterocycles. The van der Waals surface area contributed by atoms with Gasteiger partial charge in [0, 0.05) is 12.5 Å². The van der Waals surface area contributed by atoms with E-state index in [4.69, 9.17) is 10.7 Å². The average molecular weight is 245 g/mol. The van der Waals surface area contributed by atoms with Gasteiger partial charge in [-0.2, -0.15) is 0 Å². The van der Waals surface area contributed by atoms with Crippen LogP contribution in [0.5, 0.6) is 0 Å². The summed E-state index contributed by atoms with van der Waals surface area (Å²) in [6.45, 7) is 9.45. The number of nitrogens with zero attached hydrogens (tertiary/aromatic N) is 2. The lowest BCUT2D eigenvalue weighted by molar-refractivity contribution is 0.584. The third-order valence-electron chi connectivity index (χ3n) is 3.34. The first-order valence-electron chi connectivity index (χ1n) is 6.75. The van der Waals surface area contributed by atoms with Gasteiger partial charge in [-0.05, 0) is 44.0 Å². The Bertz CT molecular complexity index is 538. The molecule has 0 aliphatic rings. The summed E-state index contributed by atoms with van der Waals surface area (Å²) in [5, 5.41) is 0. The number of rotatable bonds is 4. The summed E-state index contributed by atoms with van der Waals surface area (Å²) in [5.41, 5.74) is 9.33. The Morgan fingerprint density at radius 1 is 1.22 bits per heavy atom. The molecule has 1 heterocycles. The lowest BCUT2D eigenvalue weighted by Crippen LogP contribution is -2.11. The van der Waals surface area contributed by atoms with Crippen LogP contribution in [0.4, 0.5) is 0 Å². The van der Waals surface area contributed by atoms with E-state index in [9.17, 15) is 0 Å². The summed E-state index contributed by atoms with van der Waals surface area (Å²) >= 11 is 0. The van der Waals surface area contributed by atoms with Crippen molar-refractivity contribution in [3.05, 3.63) is 29.6 Å². The standard InChI is InChI=1S/C15H23N3/c1-10(2)12-5-6-14-13(9-12)17-15(7-8-16)18(14)11(3)4/h5-6,9-11H,7-8,16H2,1-4H3. The fourth-order valence-electron chi connectivity index (χ4n) is 2.41. The molecule has 3 heteroatoms. The van der Waals surface area contributed by atoms with Crippen molar-refractivity contribution >= 4 is 11.0 Å². The van der Waals surface area contributed by atoms with Gasteiger partial charge in [0.2, 0.25) is 0 Å². The van der Waals surface area contributed by atoms with E-state index in [1.807, 2.05) is 0 Å². The maximum Gasteiger partial charge on any atom is 0.111 e. The smallest absolute Gasteiger partial charge is 0.111 e. The first kappa shape index (κ1) is 13.1. The maximum atomic E-state index is 5.68. The van der Waals surface area contributed by atoms with Gasteiger partial charge in [-0.3, -0.25) is 0 Å². The molecule has 0 unspecified atom stereocenters. The van der Waals surface area contributed by atoms with E-state index in [0.29, 0.717) is 18.5 Å². The highest BCUT2D eigenvalue weighted by molar-refractivity contribution is 5.77. The predicted molar refractivity (Wildman–Crippen MR) is 77.0 cm³/mol. The molecular weight excluding hydrogens is 222 g/mol. The van der Waals surface area contributed by atoms with Crippen molar-refractivity contribution in [3.8, 4) is 0 Å². The fraction of sp³-hybridized carbons (Fsp3) is 0.533. The summed E-state index contributed by atoms with van der Waals surface area (Å²) in [5.74, 6) is 1.64. The minimum atomic E-state index is 0.418. The highest BCUT2D eigenvalue weighted by Crippen LogP contribution is 2.25. The second-order valence-corrected chi connectivity index (χ2v) is 5.43. The Morgan fingerprint density at radius 2 is 1.94 bits per heavy atom. The number of nitrogens with two attached hydrogens (primary N) is 1. The highest BCUT2D eigenvalue weighted by Gasteiger charge is 2.13. The number of imidazole rings is 1. The molecule has 1 aromatic heterocycles. The molecule has 0 radical (unpaired) electrons. The Kier molecular flexibility index (Phi) is 3.71. The van der Waals surface area contributed by atoms with E-state index in [0.717, 1.165) is 17.8 Å². The SMILES string of the molecule is CC(C)c1ccc2c(c1)nc(CCN)n2C(C)C. The minimum Gasteiger partial charge on any atom is -0.330 e. The minimum absolute atomic E-state index is 0.418. The summed E-state index contributed by atoms with van der Waals surface area (Å²) < 4.78 is 2.30. The number of hydrogen-bond donors (Lipinski definition) is 1. The number of benzene rings is 1. The summed E-state index contributed by atoms with van der Waals surface area (Å²) in [7, 11) is 0. The maximum absolute atomic E-state index is 5.68. The molecule has 98 valence electrons. The molecule has 1 aromatic carbocycles. The quantitative estimate of drug-likeness (QED) is 0.898. The van der Waals surface area contributed by atoms with Crippen LogP contribution in [0.15, 0.2) is 18.2 Å². The first-order valence-corrected chi connectivity index (χ1v) is 6.75. The van der Waals surface area contributed by atoms with Crippen LogP contribution in [0, 0.1) is 0 Å². The summed E-state index contributed by atoms with van der Waals surface area (Å²) in [6.07, 6.45) is 0.837. The summed E-state index contributed by atoms with van der Waals surface area (Å²) in [4.78, 5) is 4.75. The van der Waals surface area contributed by atoms with Crippen molar-refractivity contribution in [2.24, 2.45) is 5.73 Å². The van der Waals surface area contributed by atoms with Crippen LogP contribution >= 0.6 is 0 Å². The Morgan fingerprint density at radius 3 is 2.50 bits per heavy atom. The number of fused-ring (bicyclic) bond motifs is 1. The third kappa shape index (κ3) is 2.27. The van der Waals surface area contributed by atoms with E-state index in [1.165, 1.54) is 11.1 Å². The molecule has 0 atom stereocenters. The van der Waals surface area contributed by atoms with Crippen LogP contribution in [0.1, 0.15) is 51.0 Å². The van der Waals surface area contributed by atoms with Crippen LogP contribution in [0.2, 0.25) is 0 Å². The molecule has 0 aliphatic carbocycles. The highest BCUT2D eigenvalue weighted by atomic mass is 15.1. The number of hydrogen-bond acceptors (Lipinski definition) is 2. The van der Waals surface area contributed by atoms with E-state index in [1.54, 1.807) is 0 Å². The molecule has 0 saturated carbocycles. The van der Waals surface area contributed by atoms with Crippen molar-refractivity contribution in [2.45, 2.75) is 46.1 Å². The third-order valence-corrected chi connectivity index (χ3v) is 3.34. The monoisotopic (exact) mass is 245 g/mol. The molecular formula is C15H23N3. The zero-order valence-electron chi connectivity index (χ0n) is 11.8. The largest absolute Gasteiger partial charge is 0.330 e. The van der Waals surface area contributed by atoms with Crippen molar-refractivity contribution in [2.75, 3.05) is 6.54 Å². The van der Waals surface area contributed by atoms with Crippen molar-refractivity contribution in [1.29, 1.82) is 0 Å². The molecule has 2 N–H and O–H groups in total. The topological polar surface area (TPSA) is 43.8 Å². The van der Waals surface area contributed by atoms with Crippen LogP contribution in [-0.4, -0.2) is 16.1 Å². The second-order valence-electron chi connectivity index (χ2n) is 5.43. The van der Waals surface area contributed by atoms with Gasteiger partial charge in [-0.15, -0.1) is 0 Å². The molecule has 0 fully saturated rings. The average Bonchev–Trinajstić information content (AvgIpc) is 2.66. The Labute approximate surface area is 109 Å². The van der Waals surface area contributed by atoms with Crippen LogP contribution in [-0.2, 0) is 6.42 Å². The van der Waals surface area contributed by atoms with Gasteiger partial charge < -0.3 is 10.3 Å². The van der Waals surface area contributed by atoms with Crippen LogP contribution in [0.3, 0.4) is 0 Å². The first-order chi connectivity index (χ1) is 8.54. The van der Waals surface area contributed by atoms with E-state index in [-0.39, 0.29) is 0 Å². The predicted octanol–water partition coefficient (Wildman–Crippen LogP) is 3.24. The molecule has 0 spiro atoms. The zero-order chi connectivity index (χ0) is 13.3. The van der Waals surface area contributed by atoms with Gasteiger partial charge in [0.25, 0.3) is 0 Å². The van der Waals surface area contributed by atoms with Gasteiger partial charge in [-0.1, -0.05) is 19.9 Å². The zero-order valence-corrected chi connectivity index (χ0v) is 11.8. The van der Waals surface area contributed by atoms with Crippen LogP contribution < -0.4 is 5.73 Å². The van der Waals surface area contributed by atoms with Crippen molar-refractivity contribution < 1.29 is 0 Å². The van der Waals surface area contributed by atoms with E-state index < -0.39 is 0 Å². The molecule has 3 nitrogen and oxygen atoms in total. The Balaban J connectivity index is 2.60. The van der Waals surface area contributed by atoms with Gasteiger partial charge >= 0.3 is 0 Å². The van der Waals surface area contributed by atoms with Crippen LogP contribution in [0.25, 0.3) is 11.0 Å². The van der Waals surface area contributed by atoms with Crippen molar-refractivity contribution in [3.63, 3.8) is 0 Å². The molecule has 2 aromatic rings. The lowest BCUT2D eigenvalue weighted by Gasteiger charge is -2.13. The lowest BCUT2D eigenvalue weighted by atomic mass is 10.0.